The number of phenols is 1. The summed E-state index contributed by atoms with van der Waals surface area (Å²) in [4.78, 5) is 14.5. The minimum Gasteiger partial charge on any atom is -0.508 e. The molecule has 1 aromatic carbocycles. The van der Waals surface area contributed by atoms with Crippen LogP contribution in [0.5, 0.6) is 11.5 Å². The zero-order chi connectivity index (χ0) is 13.0. The van der Waals surface area contributed by atoms with E-state index in [-0.39, 0.29) is 17.9 Å². The molecular weight excluding hydrogens is 234 g/mol. The van der Waals surface area contributed by atoms with E-state index in [4.69, 9.17) is 14.9 Å². The molecular formula is C13H11NO4. The maximum atomic E-state index is 10.7. The molecule has 0 aliphatic heterocycles. The van der Waals surface area contributed by atoms with Crippen LogP contribution in [0, 0.1) is 0 Å². The van der Waals surface area contributed by atoms with Crippen LogP contribution in [0.3, 0.4) is 0 Å². The van der Waals surface area contributed by atoms with Gasteiger partial charge in [0.25, 0.3) is 0 Å². The quantitative estimate of drug-likeness (QED) is 0.861. The van der Waals surface area contributed by atoms with Crippen LogP contribution in [0.25, 0.3) is 0 Å². The van der Waals surface area contributed by atoms with E-state index in [1.165, 1.54) is 18.5 Å². The number of pyridine rings is 1. The topological polar surface area (TPSA) is 79.7 Å². The van der Waals surface area contributed by atoms with Gasteiger partial charge in [-0.3, -0.25) is 4.98 Å². The molecule has 5 nitrogen and oxygen atoms in total. The van der Waals surface area contributed by atoms with Crippen molar-refractivity contribution in [3.8, 4) is 11.5 Å². The van der Waals surface area contributed by atoms with E-state index in [9.17, 15) is 4.79 Å². The lowest BCUT2D eigenvalue weighted by Gasteiger charge is -2.06. The summed E-state index contributed by atoms with van der Waals surface area (Å²) in [6.07, 6.45) is 2.71. The van der Waals surface area contributed by atoms with E-state index in [1.54, 1.807) is 24.3 Å². The van der Waals surface area contributed by atoms with Crippen molar-refractivity contribution >= 4 is 5.97 Å². The fourth-order valence-corrected chi connectivity index (χ4v) is 1.37. The molecule has 2 rings (SSSR count). The molecule has 0 aliphatic rings. The van der Waals surface area contributed by atoms with Crippen LogP contribution in [-0.2, 0) is 6.61 Å². The Hall–Kier alpha value is -2.56. The lowest BCUT2D eigenvalue weighted by atomic mass is 10.2. The largest absolute Gasteiger partial charge is 0.508 e. The Kier molecular flexibility index (Phi) is 3.43. The Morgan fingerprint density at radius 1 is 1.22 bits per heavy atom. The molecule has 0 spiro atoms. The highest BCUT2D eigenvalue weighted by atomic mass is 16.5. The monoisotopic (exact) mass is 245 g/mol. The molecule has 0 radical (unpaired) electrons. The number of benzene rings is 1. The van der Waals surface area contributed by atoms with E-state index in [1.807, 2.05) is 0 Å². The number of hydrogen-bond acceptors (Lipinski definition) is 4. The first-order valence-corrected chi connectivity index (χ1v) is 5.24. The first-order valence-electron chi connectivity index (χ1n) is 5.24. The highest BCUT2D eigenvalue weighted by molar-refractivity contribution is 5.87. The molecule has 0 atom stereocenters. The van der Waals surface area contributed by atoms with Gasteiger partial charge in [-0.25, -0.2) is 4.79 Å². The van der Waals surface area contributed by atoms with Crippen molar-refractivity contribution in [1.29, 1.82) is 0 Å². The Bertz CT molecular complexity index is 551. The van der Waals surface area contributed by atoms with Crippen LogP contribution >= 0.6 is 0 Å². The number of carboxylic acid groups (broad SMARTS) is 1. The molecule has 0 amide bonds. The molecule has 5 heteroatoms. The molecule has 18 heavy (non-hydrogen) atoms. The van der Waals surface area contributed by atoms with Crippen LogP contribution < -0.4 is 4.74 Å². The molecule has 2 N–H and O–H groups in total. The van der Waals surface area contributed by atoms with Crippen LogP contribution in [-0.4, -0.2) is 21.2 Å². The van der Waals surface area contributed by atoms with Gasteiger partial charge in [0.15, 0.2) is 0 Å². The second-order valence-electron chi connectivity index (χ2n) is 3.67. The minimum absolute atomic E-state index is 0.0817. The summed E-state index contributed by atoms with van der Waals surface area (Å²) in [5.74, 6) is -0.464. The average Bonchev–Trinajstić information content (AvgIpc) is 2.38. The predicted molar refractivity (Wildman–Crippen MR) is 63.6 cm³/mol. The highest BCUT2D eigenvalue weighted by Crippen LogP contribution is 2.15. The summed E-state index contributed by atoms with van der Waals surface area (Å²) in [5, 5.41) is 17.9. The van der Waals surface area contributed by atoms with E-state index >= 15 is 0 Å². The van der Waals surface area contributed by atoms with Crippen molar-refractivity contribution in [3.63, 3.8) is 0 Å². The highest BCUT2D eigenvalue weighted by Gasteiger charge is 2.05. The molecule has 0 unspecified atom stereocenters. The van der Waals surface area contributed by atoms with Crippen molar-refractivity contribution in [2.45, 2.75) is 6.61 Å². The third-order valence-corrected chi connectivity index (χ3v) is 2.30. The number of ether oxygens (including phenoxy) is 1. The second kappa shape index (κ2) is 5.18. The van der Waals surface area contributed by atoms with Crippen LogP contribution in [0.1, 0.15) is 15.9 Å². The Balaban J connectivity index is 2.04. The number of aromatic nitrogens is 1. The van der Waals surface area contributed by atoms with Crippen molar-refractivity contribution < 1.29 is 19.7 Å². The summed E-state index contributed by atoms with van der Waals surface area (Å²) in [7, 11) is 0. The third-order valence-electron chi connectivity index (χ3n) is 2.30. The molecule has 0 fully saturated rings. The van der Waals surface area contributed by atoms with Gasteiger partial charge >= 0.3 is 5.97 Å². The van der Waals surface area contributed by atoms with Gasteiger partial charge in [-0.15, -0.1) is 0 Å². The van der Waals surface area contributed by atoms with Gasteiger partial charge in [-0.2, -0.15) is 0 Å². The average molecular weight is 245 g/mol. The lowest BCUT2D eigenvalue weighted by Crippen LogP contribution is -2.00. The second-order valence-corrected chi connectivity index (χ2v) is 3.67. The maximum absolute atomic E-state index is 10.7. The normalized spacial score (nSPS) is 10.0. The van der Waals surface area contributed by atoms with Crippen molar-refractivity contribution in [2.75, 3.05) is 0 Å². The Morgan fingerprint density at radius 2 is 1.94 bits per heavy atom. The number of aromatic carboxylic acids is 1. The number of carboxylic acids is 1. The number of rotatable bonds is 4. The van der Waals surface area contributed by atoms with Crippen molar-refractivity contribution in [2.24, 2.45) is 0 Å². The SMILES string of the molecule is O=C(O)c1cncc(OCc2ccc(O)cc2)c1. The molecule has 0 saturated carbocycles. The number of hydrogen-bond donors (Lipinski definition) is 2. The molecule has 0 bridgehead atoms. The summed E-state index contributed by atoms with van der Waals surface area (Å²) < 4.78 is 5.42. The summed E-state index contributed by atoms with van der Waals surface area (Å²) in [6.45, 7) is 0.283. The molecule has 92 valence electrons. The van der Waals surface area contributed by atoms with E-state index < -0.39 is 5.97 Å². The molecule has 0 saturated heterocycles. The van der Waals surface area contributed by atoms with Gasteiger partial charge < -0.3 is 14.9 Å². The Morgan fingerprint density at radius 3 is 2.61 bits per heavy atom. The van der Waals surface area contributed by atoms with Gasteiger partial charge in [0, 0.05) is 6.20 Å². The summed E-state index contributed by atoms with van der Waals surface area (Å²) in [5.41, 5.74) is 0.951. The van der Waals surface area contributed by atoms with Crippen molar-refractivity contribution in [1.82, 2.24) is 4.98 Å². The van der Waals surface area contributed by atoms with Crippen LogP contribution in [0.2, 0.25) is 0 Å². The molecule has 2 aromatic rings. The number of aromatic hydroxyl groups is 1. The van der Waals surface area contributed by atoms with E-state index in [0.717, 1.165) is 5.56 Å². The first-order chi connectivity index (χ1) is 8.65. The van der Waals surface area contributed by atoms with Gasteiger partial charge in [-0.05, 0) is 23.8 Å². The standard InChI is InChI=1S/C13H11NO4/c15-11-3-1-9(2-4-11)8-18-12-5-10(13(16)17)6-14-7-12/h1-7,15H,8H2,(H,16,17). The van der Waals surface area contributed by atoms with E-state index in [2.05, 4.69) is 4.98 Å². The predicted octanol–water partition coefficient (Wildman–Crippen LogP) is 2.06. The van der Waals surface area contributed by atoms with Gasteiger partial charge in [-0.1, -0.05) is 12.1 Å². The first kappa shape index (κ1) is 11.9. The fraction of sp³-hybridized carbons (Fsp3) is 0.0769. The number of nitrogens with zero attached hydrogens (tertiary/aromatic N) is 1. The zero-order valence-electron chi connectivity index (χ0n) is 9.41. The van der Waals surface area contributed by atoms with Crippen LogP contribution in [0.15, 0.2) is 42.7 Å². The third kappa shape index (κ3) is 2.98. The zero-order valence-corrected chi connectivity index (χ0v) is 9.41. The summed E-state index contributed by atoms with van der Waals surface area (Å²) in [6, 6.07) is 7.98. The summed E-state index contributed by atoms with van der Waals surface area (Å²) >= 11 is 0. The van der Waals surface area contributed by atoms with Gasteiger partial charge in [0.05, 0.1) is 11.8 Å². The van der Waals surface area contributed by atoms with Gasteiger partial charge in [0.2, 0.25) is 0 Å². The lowest BCUT2D eigenvalue weighted by molar-refractivity contribution is 0.0696. The molecule has 1 aromatic heterocycles. The molecule has 1 heterocycles. The fourth-order valence-electron chi connectivity index (χ4n) is 1.37. The van der Waals surface area contributed by atoms with Gasteiger partial charge in [0.1, 0.15) is 18.1 Å². The van der Waals surface area contributed by atoms with Crippen LogP contribution in [0.4, 0.5) is 0 Å². The molecule has 0 aliphatic carbocycles. The maximum Gasteiger partial charge on any atom is 0.337 e. The Labute approximate surface area is 103 Å². The smallest absolute Gasteiger partial charge is 0.337 e. The number of phenolic OH excluding ortho intramolecular Hbond substituents is 1. The van der Waals surface area contributed by atoms with E-state index in [0.29, 0.717) is 5.75 Å². The van der Waals surface area contributed by atoms with Crippen molar-refractivity contribution in [3.05, 3.63) is 53.9 Å². The number of carbonyl (C=O) groups is 1. The minimum atomic E-state index is -1.04.